The molecule has 1 aliphatic rings. The number of hydrogen-bond donors (Lipinski definition) is 1. The number of amides is 1. The smallest absolute Gasteiger partial charge is 0.251 e. The second-order valence-electron chi connectivity index (χ2n) is 6.04. The molecule has 0 unspecified atom stereocenters. The molecule has 1 fully saturated rings. The van der Waals surface area contributed by atoms with Gasteiger partial charge in [0, 0.05) is 29.4 Å². The number of benzene rings is 1. The van der Waals surface area contributed by atoms with Crippen LogP contribution in [0.5, 0.6) is 0 Å². The van der Waals surface area contributed by atoms with E-state index in [4.69, 9.17) is 11.6 Å². The van der Waals surface area contributed by atoms with Crippen LogP contribution in [-0.4, -0.2) is 29.0 Å². The maximum Gasteiger partial charge on any atom is 0.251 e. The molecule has 6 heteroatoms. The molecule has 1 N–H and O–H groups in total. The third kappa shape index (κ3) is 4.23. The Bertz CT molecular complexity index is 711. The Morgan fingerprint density at radius 2 is 1.88 bits per heavy atom. The van der Waals surface area contributed by atoms with Gasteiger partial charge in [-0.15, -0.1) is 0 Å². The minimum atomic E-state index is -0.137. The van der Waals surface area contributed by atoms with E-state index in [1.165, 1.54) is 19.3 Å². The minimum Gasteiger partial charge on any atom is -0.346 e. The van der Waals surface area contributed by atoms with Gasteiger partial charge in [0.1, 0.15) is 0 Å². The van der Waals surface area contributed by atoms with Crippen LogP contribution in [0.3, 0.4) is 0 Å². The summed E-state index contributed by atoms with van der Waals surface area (Å²) in [6, 6.07) is 8.75. The number of rotatable bonds is 4. The number of nitrogens with one attached hydrogen (secondary N) is 1. The van der Waals surface area contributed by atoms with Crippen LogP contribution in [0.2, 0.25) is 5.02 Å². The van der Waals surface area contributed by atoms with E-state index in [-0.39, 0.29) is 5.91 Å². The molecule has 1 aliphatic heterocycles. The zero-order valence-electron chi connectivity index (χ0n) is 13.8. The fraction of sp³-hybridized carbons (Fsp3) is 0.389. The normalized spacial score (nSPS) is 14.5. The van der Waals surface area contributed by atoms with Crippen molar-refractivity contribution in [3.63, 3.8) is 0 Å². The summed E-state index contributed by atoms with van der Waals surface area (Å²) in [5.41, 5.74) is 2.33. The van der Waals surface area contributed by atoms with Gasteiger partial charge in [-0.05, 0) is 56.5 Å². The largest absolute Gasteiger partial charge is 0.346 e. The first kappa shape index (κ1) is 16.7. The van der Waals surface area contributed by atoms with E-state index < -0.39 is 0 Å². The number of anilines is 1. The lowest BCUT2D eigenvalue weighted by Crippen LogP contribution is -2.31. The van der Waals surface area contributed by atoms with E-state index >= 15 is 0 Å². The van der Waals surface area contributed by atoms with Crippen LogP contribution >= 0.6 is 11.6 Å². The van der Waals surface area contributed by atoms with Crippen molar-refractivity contribution in [3.8, 4) is 0 Å². The first-order valence-electron chi connectivity index (χ1n) is 8.25. The Morgan fingerprint density at radius 3 is 2.58 bits per heavy atom. The van der Waals surface area contributed by atoms with Crippen molar-refractivity contribution in [1.82, 2.24) is 15.3 Å². The van der Waals surface area contributed by atoms with Gasteiger partial charge in [0.25, 0.3) is 5.91 Å². The van der Waals surface area contributed by atoms with Crippen LogP contribution in [0.4, 0.5) is 5.95 Å². The van der Waals surface area contributed by atoms with Crippen LogP contribution in [0.15, 0.2) is 30.3 Å². The fourth-order valence-corrected chi connectivity index (χ4v) is 2.94. The van der Waals surface area contributed by atoms with Crippen molar-refractivity contribution >= 4 is 23.5 Å². The molecule has 2 aromatic rings. The van der Waals surface area contributed by atoms with Gasteiger partial charge in [-0.25, -0.2) is 9.97 Å². The van der Waals surface area contributed by atoms with Gasteiger partial charge < -0.3 is 10.2 Å². The van der Waals surface area contributed by atoms with Gasteiger partial charge >= 0.3 is 0 Å². The van der Waals surface area contributed by atoms with Crippen LogP contribution in [0, 0.1) is 6.92 Å². The number of piperidine rings is 1. The monoisotopic (exact) mass is 344 g/mol. The Kier molecular flexibility index (Phi) is 5.30. The number of hydrogen-bond acceptors (Lipinski definition) is 4. The number of carbonyl (C=O) groups excluding carboxylic acids is 1. The third-order valence-corrected chi connectivity index (χ3v) is 4.32. The average molecular weight is 345 g/mol. The summed E-state index contributed by atoms with van der Waals surface area (Å²) in [6.45, 7) is 4.34. The molecule has 0 atom stereocenters. The highest BCUT2D eigenvalue weighted by Crippen LogP contribution is 2.17. The molecule has 5 nitrogen and oxygen atoms in total. The lowest BCUT2D eigenvalue weighted by atomic mass is 10.1. The lowest BCUT2D eigenvalue weighted by Gasteiger charge is -2.27. The Balaban J connectivity index is 1.67. The molecule has 0 aliphatic carbocycles. The molecule has 1 aromatic carbocycles. The highest BCUT2D eigenvalue weighted by molar-refractivity contribution is 6.30. The Morgan fingerprint density at radius 1 is 1.17 bits per heavy atom. The summed E-state index contributed by atoms with van der Waals surface area (Å²) in [4.78, 5) is 23.6. The molecule has 1 saturated heterocycles. The van der Waals surface area contributed by atoms with Crippen molar-refractivity contribution < 1.29 is 4.79 Å². The highest BCUT2D eigenvalue weighted by Gasteiger charge is 2.15. The van der Waals surface area contributed by atoms with Gasteiger partial charge in [-0.1, -0.05) is 11.6 Å². The van der Waals surface area contributed by atoms with Gasteiger partial charge in [-0.3, -0.25) is 4.79 Å². The topological polar surface area (TPSA) is 58.1 Å². The molecule has 24 heavy (non-hydrogen) atoms. The van der Waals surface area contributed by atoms with Crippen molar-refractivity contribution in [2.45, 2.75) is 32.7 Å². The SMILES string of the molecule is Cc1cc(CNC(=O)c2ccc(Cl)cc2)nc(N2CCCCC2)n1. The van der Waals surface area contributed by atoms with Gasteiger partial charge in [0.05, 0.1) is 12.2 Å². The molecule has 1 amide bonds. The van der Waals surface area contributed by atoms with E-state index in [9.17, 15) is 4.79 Å². The number of aryl methyl sites for hydroxylation is 1. The second-order valence-corrected chi connectivity index (χ2v) is 6.47. The molecule has 0 bridgehead atoms. The van der Waals surface area contributed by atoms with Crippen LogP contribution in [0.25, 0.3) is 0 Å². The molecule has 0 radical (unpaired) electrons. The van der Waals surface area contributed by atoms with Crippen molar-refractivity contribution in [1.29, 1.82) is 0 Å². The lowest BCUT2D eigenvalue weighted by molar-refractivity contribution is 0.0950. The predicted octanol–water partition coefficient (Wildman–Crippen LogP) is 3.36. The van der Waals surface area contributed by atoms with Gasteiger partial charge in [0.15, 0.2) is 0 Å². The quantitative estimate of drug-likeness (QED) is 0.924. The summed E-state index contributed by atoms with van der Waals surface area (Å²) >= 11 is 5.84. The standard InChI is InChI=1S/C18H21ClN4O/c1-13-11-16(22-18(21-13)23-9-3-2-4-10-23)12-20-17(24)14-5-7-15(19)8-6-14/h5-8,11H,2-4,9-10,12H2,1H3,(H,20,24). The maximum absolute atomic E-state index is 12.2. The second kappa shape index (κ2) is 7.62. The van der Waals surface area contributed by atoms with Crippen molar-refractivity contribution in [3.05, 3.63) is 52.3 Å². The van der Waals surface area contributed by atoms with Crippen LogP contribution in [0.1, 0.15) is 41.0 Å². The maximum atomic E-state index is 12.2. The number of carbonyl (C=O) groups is 1. The summed E-state index contributed by atoms with van der Waals surface area (Å²) in [5.74, 6) is 0.632. The Labute approximate surface area is 147 Å². The van der Waals surface area contributed by atoms with Gasteiger partial charge in [-0.2, -0.15) is 0 Å². The molecule has 0 spiro atoms. The molecule has 3 rings (SSSR count). The molecule has 126 valence electrons. The summed E-state index contributed by atoms with van der Waals surface area (Å²) < 4.78 is 0. The van der Waals surface area contributed by atoms with Crippen molar-refractivity contribution in [2.24, 2.45) is 0 Å². The van der Waals surface area contributed by atoms with E-state index in [2.05, 4.69) is 20.2 Å². The van der Waals surface area contributed by atoms with Gasteiger partial charge in [0.2, 0.25) is 5.95 Å². The third-order valence-electron chi connectivity index (χ3n) is 4.07. The summed E-state index contributed by atoms with van der Waals surface area (Å²) in [7, 11) is 0. The summed E-state index contributed by atoms with van der Waals surface area (Å²) in [6.07, 6.45) is 3.63. The van der Waals surface area contributed by atoms with E-state index in [0.29, 0.717) is 17.1 Å². The Hall–Kier alpha value is -2.14. The zero-order chi connectivity index (χ0) is 16.9. The van der Waals surface area contributed by atoms with Crippen LogP contribution in [-0.2, 0) is 6.54 Å². The number of aromatic nitrogens is 2. The molecule has 1 aromatic heterocycles. The average Bonchev–Trinajstić information content (AvgIpc) is 2.60. The molecule has 2 heterocycles. The first-order valence-corrected chi connectivity index (χ1v) is 8.63. The van der Waals surface area contributed by atoms with E-state index in [0.717, 1.165) is 30.4 Å². The van der Waals surface area contributed by atoms with E-state index in [1.54, 1.807) is 24.3 Å². The molecular formula is C18H21ClN4O. The zero-order valence-corrected chi connectivity index (χ0v) is 14.5. The van der Waals surface area contributed by atoms with Crippen LogP contribution < -0.4 is 10.2 Å². The predicted molar refractivity (Wildman–Crippen MR) is 95.5 cm³/mol. The molecular weight excluding hydrogens is 324 g/mol. The molecule has 0 saturated carbocycles. The van der Waals surface area contributed by atoms with E-state index in [1.807, 2.05) is 13.0 Å². The fourth-order valence-electron chi connectivity index (χ4n) is 2.82. The first-order chi connectivity index (χ1) is 11.6. The summed E-state index contributed by atoms with van der Waals surface area (Å²) in [5, 5.41) is 3.52. The highest BCUT2D eigenvalue weighted by atomic mass is 35.5. The van der Waals surface area contributed by atoms with Crippen molar-refractivity contribution in [2.75, 3.05) is 18.0 Å². The minimum absolute atomic E-state index is 0.137. The number of halogens is 1. The number of nitrogens with zero attached hydrogens (tertiary/aromatic N) is 3.